The van der Waals surface area contributed by atoms with Crippen LogP contribution in [0.1, 0.15) is 22.3 Å². The highest BCUT2D eigenvalue weighted by Crippen LogP contribution is 2.18. The van der Waals surface area contributed by atoms with Gasteiger partial charge < -0.3 is 10.1 Å². The van der Waals surface area contributed by atoms with E-state index in [-0.39, 0.29) is 35.8 Å². The number of carbonyl (C=O) groups excluding carboxylic acids is 1. The van der Waals surface area contributed by atoms with E-state index in [4.69, 9.17) is 0 Å². The van der Waals surface area contributed by atoms with Gasteiger partial charge in [0.25, 0.3) is 5.91 Å². The Morgan fingerprint density at radius 1 is 1.00 bits per heavy atom. The fourth-order valence-corrected chi connectivity index (χ4v) is 3.79. The zero-order valence-electron chi connectivity index (χ0n) is 14.9. The first kappa shape index (κ1) is 21.7. The van der Waals surface area contributed by atoms with Crippen molar-refractivity contribution >= 4 is 15.7 Å². The van der Waals surface area contributed by atoms with Gasteiger partial charge in [-0.2, -0.15) is 13.2 Å². The Morgan fingerprint density at radius 2 is 1.64 bits per heavy atom. The lowest BCUT2D eigenvalue weighted by atomic mass is 10.2. The van der Waals surface area contributed by atoms with Crippen LogP contribution in [0.3, 0.4) is 0 Å². The summed E-state index contributed by atoms with van der Waals surface area (Å²) in [5.41, 5.74) is 0.950. The van der Waals surface area contributed by atoms with Crippen molar-refractivity contribution in [1.82, 2.24) is 5.32 Å². The van der Waals surface area contributed by atoms with Crippen LogP contribution < -0.4 is 10.1 Å². The van der Waals surface area contributed by atoms with Crippen molar-refractivity contribution in [3.63, 3.8) is 0 Å². The van der Waals surface area contributed by atoms with Gasteiger partial charge in [0.05, 0.1) is 11.5 Å². The minimum atomic E-state index is -4.43. The maximum absolute atomic E-state index is 12.1. The van der Waals surface area contributed by atoms with Crippen molar-refractivity contribution in [2.24, 2.45) is 0 Å². The molecule has 2 rings (SSSR count). The lowest BCUT2D eigenvalue weighted by Gasteiger charge is -2.10. The Hall–Kier alpha value is -2.55. The number of alkyl halides is 3. The van der Waals surface area contributed by atoms with E-state index in [2.05, 4.69) is 10.1 Å². The summed E-state index contributed by atoms with van der Waals surface area (Å²) in [4.78, 5) is 12.0. The van der Waals surface area contributed by atoms with Crippen LogP contribution in [0.4, 0.5) is 13.2 Å². The first-order chi connectivity index (χ1) is 13.1. The van der Waals surface area contributed by atoms with Crippen LogP contribution in [0, 0.1) is 0 Å². The molecule has 152 valence electrons. The molecule has 0 unspecified atom stereocenters. The van der Waals surface area contributed by atoms with Crippen molar-refractivity contribution in [1.29, 1.82) is 0 Å². The zero-order chi connectivity index (χ0) is 20.6. The lowest BCUT2D eigenvalue weighted by Crippen LogP contribution is -2.26. The Labute approximate surface area is 161 Å². The van der Waals surface area contributed by atoms with E-state index in [1.807, 2.05) is 0 Å². The molecule has 0 atom stereocenters. The summed E-state index contributed by atoms with van der Waals surface area (Å²) < 4.78 is 65.0. The third-order valence-electron chi connectivity index (χ3n) is 3.67. The van der Waals surface area contributed by atoms with Gasteiger partial charge in [0, 0.05) is 12.1 Å². The minimum Gasteiger partial charge on any atom is -0.484 e. The van der Waals surface area contributed by atoms with Crippen molar-refractivity contribution in [3.8, 4) is 5.75 Å². The Bertz CT molecular complexity index is 866. The molecule has 0 aliphatic heterocycles. The lowest BCUT2D eigenvalue weighted by molar-refractivity contribution is -0.153. The molecule has 0 spiro atoms. The molecule has 1 N–H and O–H groups in total. The van der Waals surface area contributed by atoms with Gasteiger partial charge in [0.15, 0.2) is 16.4 Å². The molecule has 0 saturated carbocycles. The third kappa shape index (κ3) is 7.99. The molecule has 9 heteroatoms. The highest BCUT2D eigenvalue weighted by atomic mass is 32.2. The highest BCUT2D eigenvalue weighted by Gasteiger charge is 2.28. The van der Waals surface area contributed by atoms with Gasteiger partial charge in [-0.3, -0.25) is 4.79 Å². The fourth-order valence-electron chi connectivity index (χ4n) is 2.36. The predicted octanol–water partition coefficient (Wildman–Crippen LogP) is 3.36. The zero-order valence-corrected chi connectivity index (χ0v) is 15.7. The molecule has 0 aliphatic carbocycles. The van der Waals surface area contributed by atoms with Crippen LogP contribution in [0.15, 0.2) is 54.6 Å². The molecule has 2 aromatic carbocycles. The van der Waals surface area contributed by atoms with E-state index >= 15 is 0 Å². The number of rotatable bonds is 9. The average molecular weight is 415 g/mol. The maximum Gasteiger partial charge on any atom is 0.422 e. The number of halogens is 3. The number of benzene rings is 2. The van der Waals surface area contributed by atoms with Crippen LogP contribution in [0.25, 0.3) is 0 Å². The first-order valence-electron chi connectivity index (χ1n) is 8.47. The molecule has 0 fully saturated rings. The summed E-state index contributed by atoms with van der Waals surface area (Å²) in [6, 6.07) is 14.0. The van der Waals surface area contributed by atoms with Crippen molar-refractivity contribution in [3.05, 3.63) is 65.7 Å². The Balaban J connectivity index is 1.74. The van der Waals surface area contributed by atoms with Crippen LogP contribution in [0.5, 0.6) is 5.75 Å². The third-order valence-corrected chi connectivity index (χ3v) is 5.35. The van der Waals surface area contributed by atoms with Gasteiger partial charge in [-0.25, -0.2) is 8.42 Å². The number of nitrogens with one attached hydrogen (secondary N) is 1. The normalized spacial score (nSPS) is 11.8. The molecule has 1 amide bonds. The quantitative estimate of drug-likeness (QED) is 0.638. The largest absolute Gasteiger partial charge is 0.484 e. The van der Waals surface area contributed by atoms with E-state index < -0.39 is 28.5 Å². The first-order valence-corrected chi connectivity index (χ1v) is 10.3. The molecular weight excluding hydrogens is 395 g/mol. The second-order valence-electron chi connectivity index (χ2n) is 6.12. The van der Waals surface area contributed by atoms with Gasteiger partial charge in [0.2, 0.25) is 0 Å². The molecule has 5 nitrogen and oxygen atoms in total. The summed E-state index contributed by atoms with van der Waals surface area (Å²) in [7, 11) is -3.28. The average Bonchev–Trinajstić information content (AvgIpc) is 2.64. The smallest absolute Gasteiger partial charge is 0.422 e. The molecule has 0 heterocycles. The van der Waals surface area contributed by atoms with Crippen LogP contribution >= 0.6 is 0 Å². The topological polar surface area (TPSA) is 72.5 Å². The van der Waals surface area contributed by atoms with E-state index in [1.54, 1.807) is 30.3 Å². The van der Waals surface area contributed by atoms with Gasteiger partial charge in [-0.05, 0) is 36.2 Å². The number of hydrogen-bond donors (Lipinski definition) is 1. The SMILES string of the molecule is O=C(NCCCS(=O)(=O)Cc1ccccc1)c1ccc(OCC(F)(F)F)cc1. The summed E-state index contributed by atoms with van der Waals surface area (Å²) in [5.74, 6) is -0.559. The van der Waals surface area contributed by atoms with Crippen LogP contribution in [-0.2, 0) is 15.6 Å². The summed E-state index contributed by atoms with van der Waals surface area (Å²) in [6.45, 7) is -1.24. The molecule has 2 aromatic rings. The van der Waals surface area contributed by atoms with E-state index in [0.29, 0.717) is 5.56 Å². The Kier molecular flexibility index (Phi) is 7.45. The number of ether oxygens (including phenoxy) is 1. The van der Waals surface area contributed by atoms with Crippen molar-refractivity contribution in [2.75, 3.05) is 18.9 Å². The minimum absolute atomic E-state index is 0.000815. The van der Waals surface area contributed by atoms with Gasteiger partial charge in [0.1, 0.15) is 5.75 Å². The van der Waals surface area contributed by atoms with Crippen LogP contribution in [-0.4, -0.2) is 39.4 Å². The summed E-state index contributed by atoms with van der Waals surface area (Å²) >= 11 is 0. The van der Waals surface area contributed by atoms with Gasteiger partial charge in [-0.15, -0.1) is 0 Å². The molecule has 0 aromatic heterocycles. The summed E-state index contributed by atoms with van der Waals surface area (Å²) in [6.07, 6.45) is -4.18. The molecule has 0 aliphatic rings. The second kappa shape index (κ2) is 9.59. The van der Waals surface area contributed by atoms with E-state index in [0.717, 1.165) is 0 Å². The number of amides is 1. The van der Waals surface area contributed by atoms with Gasteiger partial charge in [-0.1, -0.05) is 30.3 Å². The molecule has 0 bridgehead atoms. The van der Waals surface area contributed by atoms with Gasteiger partial charge >= 0.3 is 6.18 Å². The second-order valence-corrected chi connectivity index (χ2v) is 8.30. The molecular formula is C19H20F3NO4S. The maximum atomic E-state index is 12.1. The molecule has 0 saturated heterocycles. The number of carbonyl (C=O) groups is 1. The van der Waals surface area contributed by atoms with Crippen LogP contribution in [0.2, 0.25) is 0 Å². The van der Waals surface area contributed by atoms with E-state index in [9.17, 15) is 26.4 Å². The highest BCUT2D eigenvalue weighted by molar-refractivity contribution is 7.90. The van der Waals surface area contributed by atoms with Crippen molar-refractivity contribution in [2.45, 2.75) is 18.3 Å². The monoisotopic (exact) mass is 415 g/mol. The molecule has 28 heavy (non-hydrogen) atoms. The number of hydrogen-bond acceptors (Lipinski definition) is 4. The van der Waals surface area contributed by atoms with Crippen molar-refractivity contribution < 1.29 is 31.1 Å². The number of sulfone groups is 1. The Morgan fingerprint density at radius 3 is 2.25 bits per heavy atom. The fraction of sp³-hybridized carbons (Fsp3) is 0.316. The predicted molar refractivity (Wildman–Crippen MR) is 98.9 cm³/mol. The standard InChI is InChI=1S/C19H20F3NO4S/c20-19(21,22)14-27-17-9-7-16(8-10-17)18(24)23-11-4-12-28(25,26)13-15-5-2-1-3-6-15/h1-3,5-10H,4,11-14H2,(H,23,24). The van der Waals surface area contributed by atoms with E-state index in [1.165, 1.54) is 24.3 Å². The summed E-state index contributed by atoms with van der Waals surface area (Å²) in [5, 5.41) is 2.59. The molecule has 0 radical (unpaired) electrons.